The van der Waals surface area contributed by atoms with Crippen molar-refractivity contribution >= 4 is 0 Å². The van der Waals surface area contributed by atoms with Crippen LogP contribution in [0.25, 0.3) is 0 Å². The van der Waals surface area contributed by atoms with Gasteiger partial charge in [-0.1, -0.05) is 13.8 Å². The fraction of sp³-hybridized carbons (Fsp3) is 0.769. The van der Waals surface area contributed by atoms with Gasteiger partial charge in [0.2, 0.25) is 0 Å². The number of rotatable bonds is 4. The van der Waals surface area contributed by atoms with Crippen LogP contribution in [0, 0.1) is 5.92 Å². The molecule has 1 N–H and O–H groups in total. The van der Waals surface area contributed by atoms with Crippen LogP contribution < -0.4 is 5.32 Å². The minimum absolute atomic E-state index is 0.469. The summed E-state index contributed by atoms with van der Waals surface area (Å²) in [6, 6.07) is 0. The average Bonchev–Trinajstić information content (AvgIpc) is 2.93. The maximum atomic E-state index is 5.94. The Bertz CT molecular complexity index is 356. The lowest BCUT2D eigenvalue weighted by Gasteiger charge is -2.25. The molecule has 0 radical (unpaired) electrons. The van der Waals surface area contributed by atoms with Crippen LogP contribution in [0.5, 0.6) is 0 Å². The summed E-state index contributed by atoms with van der Waals surface area (Å²) in [7, 11) is 0. The summed E-state index contributed by atoms with van der Waals surface area (Å²) >= 11 is 0. The third kappa shape index (κ3) is 1.88. The summed E-state index contributed by atoms with van der Waals surface area (Å²) in [6.45, 7) is 6.64. The number of nitrogens with zero attached hydrogens (tertiary/aromatic N) is 1. The molecule has 1 saturated heterocycles. The number of hydrogen-bond acceptors (Lipinski definition) is 3. The summed E-state index contributed by atoms with van der Waals surface area (Å²) in [4.78, 5) is 4.72. The highest BCUT2D eigenvalue weighted by Crippen LogP contribution is 2.43. The molecule has 1 aliphatic carbocycles. The Kier molecular flexibility index (Phi) is 2.51. The third-order valence-electron chi connectivity index (χ3n) is 3.54. The first kappa shape index (κ1) is 10.3. The van der Waals surface area contributed by atoms with E-state index in [4.69, 9.17) is 9.40 Å². The van der Waals surface area contributed by atoms with Gasteiger partial charge in [0.05, 0.1) is 5.69 Å². The van der Waals surface area contributed by atoms with E-state index >= 15 is 0 Å². The van der Waals surface area contributed by atoms with Gasteiger partial charge in [0, 0.05) is 18.3 Å². The van der Waals surface area contributed by atoms with Gasteiger partial charge in [0.1, 0.15) is 5.76 Å². The zero-order chi connectivity index (χ0) is 11.1. The predicted octanol–water partition coefficient (Wildman–Crippen LogP) is 2.44. The number of nitrogens with one attached hydrogen (secondary N) is 1. The molecule has 16 heavy (non-hydrogen) atoms. The summed E-state index contributed by atoms with van der Waals surface area (Å²) in [6.07, 6.45) is 3.62. The zero-order valence-corrected chi connectivity index (χ0v) is 10.1. The molecule has 1 aromatic heterocycles. The second-order valence-corrected chi connectivity index (χ2v) is 5.51. The zero-order valence-electron chi connectivity index (χ0n) is 10.1. The van der Waals surface area contributed by atoms with Crippen molar-refractivity contribution in [2.75, 3.05) is 13.1 Å². The quantitative estimate of drug-likeness (QED) is 0.847. The van der Waals surface area contributed by atoms with E-state index in [-0.39, 0.29) is 0 Å². The smallest absolute Gasteiger partial charge is 0.195 e. The van der Waals surface area contributed by atoms with Crippen molar-refractivity contribution < 1.29 is 4.42 Å². The van der Waals surface area contributed by atoms with Gasteiger partial charge < -0.3 is 9.73 Å². The molecule has 3 rings (SSSR count). The summed E-state index contributed by atoms with van der Waals surface area (Å²) in [5.41, 5.74) is 1.26. The summed E-state index contributed by atoms with van der Waals surface area (Å²) < 4.78 is 5.94. The van der Waals surface area contributed by atoms with Gasteiger partial charge in [-0.15, -0.1) is 0 Å². The highest BCUT2D eigenvalue weighted by Gasteiger charge is 2.32. The molecule has 2 fully saturated rings. The lowest BCUT2D eigenvalue weighted by Crippen LogP contribution is -2.43. The Balaban J connectivity index is 1.79. The monoisotopic (exact) mass is 220 g/mol. The van der Waals surface area contributed by atoms with Crippen LogP contribution in [-0.2, 0) is 6.42 Å². The van der Waals surface area contributed by atoms with E-state index < -0.39 is 0 Å². The van der Waals surface area contributed by atoms with Crippen LogP contribution >= 0.6 is 0 Å². The molecule has 1 aliphatic heterocycles. The Labute approximate surface area is 96.6 Å². The molecule has 88 valence electrons. The van der Waals surface area contributed by atoms with Crippen molar-refractivity contribution in [2.45, 2.75) is 44.9 Å². The van der Waals surface area contributed by atoms with Gasteiger partial charge in [-0.05, 0) is 31.8 Å². The standard InChI is InChI=1S/C13H20N2O/c1-8(2)13-12(10-3-4-10)15-11(16-13)5-9-6-14-7-9/h8-10,14H,3-7H2,1-2H3. The normalized spacial score (nSPS) is 21.4. The molecule has 1 saturated carbocycles. The van der Waals surface area contributed by atoms with Crippen LogP contribution in [0.3, 0.4) is 0 Å². The molecule has 0 aromatic carbocycles. The van der Waals surface area contributed by atoms with E-state index in [2.05, 4.69) is 19.2 Å². The number of aromatic nitrogens is 1. The topological polar surface area (TPSA) is 38.1 Å². The lowest BCUT2D eigenvalue weighted by molar-refractivity contribution is 0.312. The molecule has 3 nitrogen and oxygen atoms in total. The first-order chi connectivity index (χ1) is 7.74. The van der Waals surface area contributed by atoms with E-state index in [1.807, 2.05) is 0 Å². The van der Waals surface area contributed by atoms with Crippen molar-refractivity contribution in [3.05, 3.63) is 17.3 Å². The van der Waals surface area contributed by atoms with E-state index in [1.165, 1.54) is 18.5 Å². The third-order valence-corrected chi connectivity index (χ3v) is 3.54. The van der Waals surface area contributed by atoms with Crippen molar-refractivity contribution in [2.24, 2.45) is 5.92 Å². The molecule has 0 amide bonds. The Hall–Kier alpha value is -0.830. The fourth-order valence-electron chi connectivity index (χ4n) is 2.28. The second-order valence-electron chi connectivity index (χ2n) is 5.51. The molecule has 0 bridgehead atoms. The van der Waals surface area contributed by atoms with Gasteiger partial charge >= 0.3 is 0 Å². The van der Waals surface area contributed by atoms with Crippen molar-refractivity contribution in [1.29, 1.82) is 0 Å². The number of oxazole rings is 1. The largest absolute Gasteiger partial charge is 0.445 e. The van der Waals surface area contributed by atoms with Crippen LogP contribution in [0.1, 0.15) is 55.9 Å². The molecule has 2 heterocycles. The van der Waals surface area contributed by atoms with Crippen LogP contribution in [0.4, 0.5) is 0 Å². The highest BCUT2D eigenvalue weighted by molar-refractivity contribution is 5.22. The summed E-state index contributed by atoms with van der Waals surface area (Å²) in [5, 5.41) is 3.29. The van der Waals surface area contributed by atoms with Crippen molar-refractivity contribution in [1.82, 2.24) is 10.3 Å². The molecule has 2 aliphatic rings. The SMILES string of the molecule is CC(C)c1oc(CC2CNC2)nc1C1CC1. The predicted molar refractivity (Wildman–Crippen MR) is 62.6 cm³/mol. The van der Waals surface area contributed by atoms with Gasteiger partial charge in [0.25, 0.3) is 0 Å². The van der Waals surface area contributed by atoms with E-state index in [1.54, 1.807) is 0 Å². The van der Waals surface area contributed by atoms with E-state index in [9.17, 15) is 0 Å². The highest BCUT2D eigenvalue weighted by atomic mass is 16.4. The maximum Gasteiger partial charge on any atom is 0.195 e. The average molecular weight is 220 g/mol. The van der Waals surface area contributed by atoms with Crippen LogP contribution in [0.2, 0.25) is 0 Å². The molecule has 3 heteroatoms. The molecular formula is C13H20N2O. The molecular weight excluding hydrogens is 200 g/mol. The Morgan fingerprint density at radius 3 is 2.62 bits per heavy atom. The molecule has 1 aromatic rings. The Morgan fingerprint density at radius 1 is 1.38 bits per heavy atom. The van der Waals surface area contributed by atoms with Gasteiger partial charge in [-0.25, -0.2) is 4.98 Å². The van der Waals surface area contributed by atoms with Gasteiger partial charge in [-0.2, -0.15) is 0 Å². The van der Waals surface area contributed by atoms with E-state index in [0.29, 0.717) is 11.8 Å². The van der Waals surface area contributed by atoms with E-state index in [0.717, 1.165) is 37.1 Å². The number of hydrogen-bond donors (Lipinski definition) is 1. The van der Waals surface area contributed by atoms with Crippen LogP contribution in [0.15, 0.2) is 4.42 Å². The second kappa shape index (κ2) is 3.88. The maximum absolute atomic E-state index is 5.94. The first-order valence-electron chi connectivity index (χ1n) is 6.44. The molecule has 0 unspecified atom stereocenters. The molecule has 0 atom stereocenters. The molecule has 0 spiro atoms. The van der Waals surface area contributed by atoms with Crippen molar-refractivity contribution in [3.63, 3.8) is 0 Å². The Morgan fingerprint density at radius 2 is 2.12 bits per heavy atom. The van der Waals surface area contributed by atoms with Crippen LogP contribution in [-0.4, -0.2) is 18.1 Å². The fourth-order valence-corrected chi connectivity index (χ4v) is 2.28. The summed E-state index contributed by atoms with van der Waals surface area (Å²) in [5.74, 6) is 4.03. The van der Waals surface area contributed by atoms with Gasteiger partial charge in [0.15, 0.2) is 5.89 Å². The van der Waals surface area contributed by atoms with Crippen molar-refractivity contribution in [3.8, 4) is 0 Å². The minimum Gasteiger partial charge on any atom is -0.445 e. The first-order valence-corrected chi connectivity index (χ1v) is 6.44. The van der Waals surface area contributed by atoms with Gasteiger partial charge in [-0.3, -0.25) is 0 Å². The lowest BCUT2D eigenvalue weighted by atomic mass is 10.00. The minimum atomic E-state index is 0.469.